The minimum atomic E-state index is 1.16. The maximum Gasteiger partial charge on any atom is 0.0133 e. The third kappa shape index (κ3) is 1.66. The van der Waals surface area contributed by atoms with Crippen molar-refractivity contribution in [2.45, 2.75) is 19.8 Å². The highest BCUT2D eigenvalue weighted by atomic mass is 15.6. The molecule has 0 aromatic rings. The van der Waals surface area contributed by atoms with Crippen LogP contribution in [0.4, 0.5) is 0 Å². The summed E-state index contributed by atoms with van der Waals surface area (Å²) in [6, 6.07) is 0. The summed E-state index contributed by atoms with van der Waals surface area (Å²) in [7, 11) is 2.17. The lowest BCUT2D eigenvalue weighted by Gasteiger charge is -2.34. The SMILES string of the molecule is CCN1CCCCN1C. The molecule has 1 aliphatic heterocycles. The molecule has 9 heavy (non-hydrogen) atoms. The largest absolute Gasteiger partial charge is 0.245 e. The molecular formula is C7H16N2. The molecule has 0 atom stereocenters. The van der Waals surface area contributed by atoms with E-state index >= 15 is 0 Å². The van der Waals surface area contributed by atoms with Crippen molar-refractivity contribution in [3.63, 3.8) is 0 Å². The van der Waals surface area contributed by atoms with Gasteiger partial charge in [0, 0.05) is 26.7 Å². The van der Waals surface area contributed by atoms with E-state index in [1.165, 1.54) is 25.9 Å². The van der Waals surface area contributed by atoms with E-state index in [1.807, 2.05) is 0 Å². The Kier molecular flexibility index (Phi) is 2.49. The summed E-state index contributed by atoms with van der Waals surface area (Å²) in [5.41, 5.74) is 0. The van der Waals surface area contributed by atoms with E-state index in [4.69, 9.17) is 0 Å². The van der Waals surface area contributed by atoms with Gasteiger partial charge in [-0.25, -0.2) is 10.0 Å². The molecule has 1 heterocycles. The van der Waals surface area contributed by atoms with Gasteiger partial charge in [0.2, 0.25) is 0 Å². The zero-order valence-electron chi connectivity index (χ0n) is 6.43. The van der Waals surface area contributed by atoms with E-state index in [9.17, 15) is 0 Å². The van der Waals surface area contributed by atoms with Crippen LogP contribution in [-0.4, -0.2) is 36.7 Å². The van der Waals surface area contributed by atoms with Crippen LogP contribution >= 0.6 is 0 Å². The normalized spacial score (nSPS) is 24.7. The second-order valence-electron chi connectivity index (χ2n) is 2.63. The molecule has 0 spiro atoms. The molecule has 0 N–H and O–H groups in total. The van der Waals surface area contributed by atoms with Gasteiger partial charge < -0.3 is 0 Å². The molecule has 2 nitrogen and oxygen atoms in total. The third-order valence-electron chi connectivity index (χ3n) is 2.00. The van der Waals surface area contributed by atoms with Crippen molar-refractivity contribution in [2.24, 2.45) is 0 Å². The summed E-state index contributed by atoms with van der Waals surface area (Å²) >= 11 is 0. The highest BCUT2D eigenvalue weighted by Gasteiger charge is 2.12. The summed E-state index contributed by atoms with van der Waals surface area (Å²) in [4.78, 5) is 0. The lowest BCUT2D eigenvalue weighted by atomic mass is 10.2. The summed E-state index contributed by atoms with van der Waals surface area (Å²) in [6.07, 6.45) is 2.74. The van der Waals surface area contributed by atoms with Gasteiger partial charge in [-0.2, -0.15) is 0 Å². The van der Waals surface area contributed by atoms with Crippen LogP contribution in [0.15, 0.2) is 0 Å². The minimum Gasteiger partial charge on any atom is -0.245 e. The fraction of sp³-hybridized carbons (Fsp3) is 1.00. The van der Waals surface area contributed by atoms with Gasteiger partial charge >= 0.3 is 0 Å². The molecule has 1 fully saturated rings. The molecule has 2 heteroatoms. The second kappa shape index (κ2) is 3.18. The Morgan fingerprint density at radius 2 is 1.89 bits per heavy atom. The zero-order valence-corrected chi connectivity index (χ0v) is 6.43. The van der Waals surface area contributed by atoms with Crippen molar-refractivity contribution in [1.82, 2.24) is 10.0 Å². The van der Waals surface area contributed by atoms with E-state index in [0.29, 0.717) is 0 Å². The molecule has 0 unspecified atom stereocenters. The minimum absolute atomic E-state index is 1.16. The van der Waals surface area contributed by atoms with Gasteiger partial charge in [0.1, 0.15) is 0 Å². The first-order valence-electron chi connectivity index (χ1n) is 3.80. The molecule has 1 saturated heterocycles. The van der Waals surface area contributed by atoms with Gasteiger partial charge in [0.15, 0.2) is 0 Å². The van der Waals surface area contributed by atoms with E-state index in [1.54, 1.807) is 0 Å². The maximum atomic E-state index is 2.39. The molecule has 0 radical (unpaired) electrons. The number of hydrogen-bond donors (Lipinski definition) is 0. The highest BCUT2D eigenvalue weighted by Crippen LogP contribution is 2.06. The van der Waals surface area contributed by atoms with E-state index in [0.717, 1.165) is 6.54 Å². The maximum absolute atomic E-state index is 2.39. The quantitative estimate of drug-likeness (QED) is 0.519. The smallest absolute Gasteiger partial charge is 0.0133 e. The molecule has 0 aliphatic carbocycles. The number of hydrogen-bond acceptors (Lipinski definition) is 2. The lowest BCUT2D eigenvalue weighted by Crippen LogP contribution is -2.44. The van der Waals surface area contributed by atoms with Crippen molar-refractivity contribution in [3.8, 4) is 0 Å². The van der Waals surface area contributed by atoms with Crippen molar-refractivity contribution in [2.75, 3.05) is 26.7 Å². The van der Waals surface area contributed by atoms with Gasteiger partial charge in [-0.1, -0.05) is 6.92 Å². The molecule has 1 rings (SSSR count). The molecule has 0 aromatic carbocycles. The third-order valence-corrected chi connectivity index (χ3v) is 2.00. The first-order valence-corrected chi connectivity index (χ1v) is 3.80. The van der Waals surface area contributed by atoms with Crippen molar-refractivity contribution in [1.29, 1.82) is 0 Å². The first-order chi connectivity index (χ1) is 4.34. The van der Waals surface area contributed by atoms with E-state index in [2.05, 4.69) is 24.0 Å². The summed E-state index contributed by atoms with van der Waals surface area (Å²) in [5, 5.41) is 4.72. The zero-order chi connectivity index (χ0) is 6.69. The fourth-order valence-electron chi connectivity index (χ4n) is 1.35. The Morgan fingerprint density at radius 3 is 2.33 bits per heavy atom. The van der Waals surface area contributed by atoms with E-state index in [-0.39, 0.29) is 0 Å². The topological polar surface area (TPSA) is 6.48 Å². The Balaban J connectivity index is 2.30. The van der Waals surface area contributed by atoms with Crippen LogP contribution in [0.1, 0.15) is 19.8 Å². The van der Waals surface area contributed by atoms with Crippen LogP contribution in [0.3, 0.4) is 0 Å². The van der Waals surface area contributed by atoms with E-state index < -0.39 is 0 Å². The summed E-state index contributed by atoms with van der Waals surface area (Å²) in [6.45, 7) is 5.87. The van der Waals surface area contributed by atoms with Crippen LogP contribution in [0.5, 0.6) is 0 Å². The molecule has 54 valence electrons. The second-order valence-corrected chi connectivity index (χ2v) is 2.63. The van der Waals surface area contributed by atoms with Gasteiger partial charge in [0.05, 0.1) is 0 Å². The Morgan fingerprint density at radius 1 is 1.22 bits per heavy atom. The monoisotopic (exact) mass is 128 g/mol. The van der Waals surface area contributed by atoms with Crippen LogP contribution in [0.2, 0.25) is 0 Å². The van der Waals surface area contributed by atoms with Crippen LogP contribution < -0.4 is 0 Å². The van der Waals surface area contributed by atoms with Crippen molar-refractivity contribution in [3.05, 3.63) is 0 Å². The van der Waals surface area contributed by atoms with Gasteiger partial charge in [0.25, 0.3) is 0 Å². The Hall–Kier alpha value is -0.0800. The van der Waals surface area contributed by atoms with Gasteiger partial charge in [-0.05, 0) is 12.8 Å². The number of hydrazine groups is 1. The van der Waals surface area contributed by atoms with Crippen LogP contribution in [0, 0.1) is 0 Å². The Labute approximate surface area is 57.4 Å². The van der Waals surface area contributed by atoms with Crippen LogP contribution in [-0.2, 0) is 0 Å². The summed E-state index contributed by atoms with van der Waals surface area (Å²) in [5.74, 6) is 0. The van der Waals surface area contributed by atoms with Crippen molar-refractivity contribution >= 4 is 0 Å². The molecule has 1 aliphatic rings. The lowest BCUT2D eigenvalue weighted by molar-refractivity contribution is -0.0220. The van der Waals surface area contributed by atoms with Crippen molar-refractivity contribution < 1.29 is 0 Å². The molecule has 0 aromatic heterocycles. The molecular weight excluding hydrogens is 112 g/mol. The predicted molar refractivity (Wildman–Crippen MR) is 39.1 cm³/mol. The first kappa shape index (κ1) is 7.03. The predicted octanol–water partition coefficient (Wildman–Crippen LogP) is 0.949. The van der Waals surface area contributed by atoms with Gasteiger partial charge in [-0.15, -0.1) is 0 Å². The molecule has 0 bridgehead atoms. The number of nitrogens with zero attached hydrogens (tertiary/aromatic N) is 2. The fourth-order valence-corrected chi connectivity index (χ4v) is 1.35. The average Bonchev–Trinajstić information content (AvgIpc) is 1.89. The average molecular weight is 128 g/mol. The molecule has 0 saturated carbocycles. The standard InChI is InChI=1S/C7H16N2/c1-3-9-7-5-4-6-8(9)2/h3-7H2,1-2H3. The highest BCUT2D eigenvalue weighted by molar-refractivity contribution is 4.59. The summed E-state index contributed by atoms with van der Waals surface area (Å²) < 4.78 is 0. The molecule has 0 amide bonds. The van der Waals surface area contributed by atoms with Crippen LogP contribution in [0.25, 0.3) is 0 Å². The number of rotatable bonds is 1. The van der Waals surface area contributed by atoms with Gasteiger partial charge in [-0.3, -0.25) is 0 Å². The Bertz CT molecular complexity index is 83.0.